The Balaban J connectivity index is 2.94. The fourth-order valence-electron chi connectivity index (χ4n) is 1.78. The summed E-state index contributed by atoms with van der Waals surface area (Å²) in [4.78, 5) is 12.2. The molecule has 0 radical (unpaired) electrons. The van der Waals surface area contributed by atoms with E-state index in [-0.39, 0.29) is 11.9 Å². The van der Waals surface area contributed by atoms with Crippen molar-refractivity contribution in [3.63, 3.8) is 0 Å². The van der Waals surface area contributed by atoms with Gasteiger partial charge in [-0.3, -0.25) is 4.79 Å². The van der Waals surface area contributed by atoms with Crippen LogP contribution in [0.3, 0.4) is 0 Å². The van der Waals surface area contributed by atoms with E-state index < -0.39 is 17.2 Å². The number of alkyl halides is 3. The molecule has 1 amide bonds. The van der Waals surface area contributed by atoms with E-state index in [1.807, 2.05) is 6.92 Å². The van der Waals surface area contributed by atoms with Crippen LogP contribution in [0, 0.1) is 0 Å². The zero-order valence-electron chi connectivity index (χ0n) is 12.6. The molecule has 21 heavy (non-hydrogen) atoms. The van der Waals surface area contributed by atoms with Gasteiger partial charge in [-0.1, -0.05) is 18.2 Å². The molecule has 1 atom stereocenters. The van der Waals surface area contributed by atoms with Crippen molar-refractivity contribution >= 4 is 5.91 Å². The first-order valence-electron chi connectivity index (χ1n) is 6.72. The maximum Gasteiger partial charge on any atom is 0.416 e. The van der Waals surface area contributed by atoms with Gasteiger partial charge in [0.1, 0.15) is 0 Å². The van der Waals surface area contributed by atoms with Crippen molar-refractivity contribution in [1.29, 1.82) is 0 Å². The minimum atomic E-state index is -4.41. The van der Waals surface area contributed by atoms with Gasteiger partial charge in [0.25, 0.3) is 0 Å². The third-order valence-electron chi connectivity index (χ3n) is 3.54. The monoisotopic (exact) mass is 302 g/mol. The van der Waals surface area contributed by atoms with Crippen LogP contribution in [0.15, 0.2) is 24.3 Å². The average Bonchev–Trinajstić information content (AvgIpc) is 2.43. The summed E-state index contributed by atoms with van der Waals surface area (Å²) >= 11 is 0. The van der Waals surface area contributed by atoms with E-state index >= 15 is 0 Å². The number of benzene rings is 1. The molecule has 0 saturated heterocycles. The largest absolute Gasteiger partial charge is 0.416 e. The number of nitrogens with one attached hydrogen (secondary N) is 2. The van der Waals surface area contributed by atoms with Gasteiger partial charge < -0.3 is 10.6 Å². The molecule has 0 aliphatic rings. The highest BCUT2D eigenvalue weighted by molar-refractivity contribution is 5.87. The minimum Gasteiger partial charge on any atom is -0.354 e. The third-order valence-corrected chi connectivity index (χ3v) is 3.54. The summed E-state index contributed by atoms with van der Waals surface area (Å²) in [5, 5.41) is 5.72. The van der Waals surface area contributed by atoms with Gasteiger partial charge in [0.05, 0.1) is 11.0 Å². The van der Waals surface area contributed by atoms with Crippen LogP contribution in [-0.2, 0) is 16.4 Å². The van der Waals surface area contributed by atoms with Crippen molar-refractivity contribution < 1.29 is 18.0 Å². The highest BCUT2D eigenvalue weighted by atomic mass is 19.4. The molecular formula is C15H21F3N2O. The van der Waals surface area contributed by atoms with Crippen LogP contribution < -0.4 is 10.6 Å². The molecule has 2 N–H and O–H groups in total. The smallest absolute Gasteiger partial charge is 0.354 e. The molecule has 0 fully saturated rings. The standard InChI is InChI=1S/C15H21F3N2O/c1-10(19-4)9-20-13(21)14(2,3)11-6-5-7-12(8-11)15(16,17)18/h5-8,10,19H,9H2,1-4H3,(H,20,21). The van der Waals surface area contributed by atoms with Gasteiger partial charge >= 0.3 is 6.18 Å². The summed E-state index contributed by atoms with van der Waals surface area (Å²) in [6.07, 6.45) is -4.41. The molecule has 0 saturated carbocycles. The minimum absolute atomic E-state index is 0.0891. The summed E-state index contributed by atoms with van der Waals surface area (Å²) < 4.78 is 38.2. The third kappa shape index (κ3) is 4.46. The first-order chi connectivity index (χ1) is 9.59. The van der Waals surface area contributed by atoms with Crippen molar-refractivity contribution in [3.8, 4) is 0 Å². The maximum atomic E-state index is 12.7. The Morgan fingerprint density at radius 3 is 2.33 bits per heavy atom. The first-order valence-corrected chi connectivity index (χ1v) is 6.72. The van der Waals surface area contributed by atoms with E-state index in [0.29, 0.717) is 12.1 Å². The van der Waals surface area contributed by atoms with Crippen LogP contribution in [0.1, 0.15) is 31.9 Å². The summed E-state index contributed by atoms with van der Waals surface area (Å²) in [7, 11) is 1.77. The lowest BCUT2D eigenvalue weighted by Gasteiger charge is -2.26. The van der Waals surface area contributed by atoms with Crippen LogP contribution in [0.5, 0.6) is 0 Å². The van der Waals surface area contributed by atoms with Gasteiger partial charge in [0, 0.05) is 12.6 Å². The average molecular weight is 302 g/mol. The quantitative estimate of drug-likeness (QED) is 0.878. The van der Waals surface area contributed by atoms with E-state index in [0.717, 1.165) is 12.1 Å². The van der Waals surface area contributed by atoms with Crippen molar-refractivity contribution in [1.82, 2.24) is 10.6 Å². The lowest BCUT2D eigenvalue weighted by atomic mass is 9.83. The van der Waals surface area contributed by atoms with Crippen molar-refractivity contribution in [3.05, 3.63) is 35.4 Å². The molecule has 0 aromatic heterocycles. The molecule has 0 bridgehead atoms. The molecular weight excluding hydrogens is 281 g/mol. The molecule has 0 spiro atoms. The Bertz CT molecular complexity index is 498. The molecule has 118 valence electrons. The number of hydrogen-bond acceptors (Lipinski definition) is 2. The second-order valence-corrected chi connectivity index (χ2v) is 5.60. The summed E-state index contributed by atoms with van der Waals surface area (Å²) in [5.74, 6) is -0.302. The molecule has 0 heterocycles. The lowest BCUT2D eigenvalue weighted by Crippen LogP contribution is -2.45. The van der Waals surface area contributed by atoms with E-state index in [1.165, 1.54) is 12.1 Å². The maximum absolute atomic E-state index is 12.7. The molecule has 1 rings (SSSR count). The molecule has 0 aliphatic carbocycles. The molecule has 3 nitrogen and oxygen atoms in total. The van der Waals surface area contributed by atoms with E-state index in [2.05, 4.69) is 10.6 Å². The second-order valence-electron chi connectivity index (χ2n) is 5.60. The first kappa shape index (κ1) is 17.5. The predicted octanol–water partition coefficient (Wildman–Crippen LogP) is 2.71. The number of likely N-dealkylation sites (N-methyl/N-ethyl adjacent to an activating group) is 1. The Kier molecular flexibility index (Phi) is 5.39. The highest BCUT2D eigenvalue weighted by Crippen LogP contribution is 2.32. The van der Waals surface area contributed by atoms with E-state index in [9.17, 15) is 18.0 Å². The van der Waals surface area contributed by atoms with Gasteiger partial charge in [-0.2, -0.15) is 13.2 Å². The van der Waals surface area contributed by atoms with Gasteiger partial charge in [-0.25, -0.2) is 0 Å². The Morgan fingerprint density at radius 2 is 1.81 bits per heavy atom. The number of amides is 1. The predicted molar refractivity (Wildman–Crippen MR) is 76.0 cm³/mol. The molecule has 0 aliphatic heterocycles. The topological polar surface area (TPSA) is 41.1 Å². The Hall–Kier alpha value is -1.56. The van der Waals surface area contributed by atoms with E-state index in [4.69, 9.17) is 0 Å². The molecule has 1 unspecified atom stereocenters. The zero-order chi connectivity index (χ0) is 16.3. The zero-order valence-corrected chi connectivity index (χ0v) is 12.6. The Morgan fingerprint density at radius 1 is 1.24 bits per heavy atom. The van der Waals surface area contributed by atoms with Crippen LogP contribution in [0.4, 0.5) is 13.2 Å². The molecule has 6 heteroatoms. The fourth-order valence-corrected chi connectivity index (χ4v) is 1.78. The summed E-state index contributed by atoms with van der Waals surface area (Å²) in [6.45, 7) is 5.54. The number of rotatable bonds is 5. The number of carbonyl (C=O) groups is 1. The van der Waals surface area contributed by atoms with Crippen LogP contribution in [-0.4, -0.2) is 25.5 Å². The van der Waals surface area contributed by atoms with Gasteiger partial charge in [0.15, 0.2) is 0 Å². The lowest BCUT2D eigenvalue weighted by molar-refractivity contribution is -0.137. The number of halogens is 3. The SMILES string of the molecule is CNC(C)CNC(=O)C(C)(C)c1cccc(C(F)(F)F)c1. The Labute approximate surface area is 122 Å². The van der Waals surface area contributed by atoms with Gasteiger partial charge in [-0.15, -0.1) is 0 Å². The van der Waals surface area contributed by atoms with Crippen molar-refractivity contribution in [2.24, 2.45) is 0 Å². The van der Waals surface area contributed by atoms with E-state index in [1.54, 1.807) is 20.9 Å². The number of hydrogen-bond donors (Lipinski definition) is 2. The summed E-state index contributed by atoms with van der Waals surface area (Å²) in [5.41, 5.74) is -1.44. The van der Waals surface area contributed by atoms with Crippen LogP contribution >= 0.6 is 0 Å². The fraction of sp³-hybridized carbons (Fsp3) is 0.533. The molecule has 1 aromatic rings. The van der Waals surface area contributed by atoms with Crippen LogP contribution in [0.2, 0.25) is 0 Å². The van der Waals surface area contributed by atoms with Crippen molar-refractivity contribution in [2.75, 3.05) is 13.6 Å². The van der Waals surface area contributed by atoms with Crippen LogP contribution in [0.25, 0.3) is 0 Å². The molecule has 1 aromatic carbocycles. The highest BCUT2D eigenvalue weighted by Gasteiger charge is 2.34. The normalized spacial score (nSPS) is 13.9. The van der Waals surface area contributed by atoms with Crippen molar-refractivity contribution in [2.45, 2.75) is 38.4 Å². The van der Waals surface area contributed by atoms with Gasteiger partial charge in [-0.05, 0) is 39.4 Å². The second kappa shape index (κ2) is 6.47. The number of carbonyl (C=O) groups excluding carboxylic acids is 1. The summed E-state index contributed by atoms with van der Waals surface area (Å²) in [6, 6.07) is 4.98. The van der Waals surface area contributed by atoms with Gasteiger partial charge in [0.2, 0.25) is 5.91 Å².